The Morgan fingerprint density at radius 1 is 1.20 bits per heavy atom. The van der Waals surface area contributed by atoms with E-state index in [1.165, 1.54) is 12.1 Å². The molecule has 0 spiro atoms. The summed E-state index contributed by atoms with van der Waals surface area (Å²) in [7, 11) is 1.61. The summed E-state index contributed by atoms with van der Waals surface area (Å²) in [6, 6.07) is 12.0. The van der Waals surface area contributed by atoms with Gasteiger partial charge in [-0.25, -0.2) is 0 Å². The van der Waals surface area contributed by atoms with Gasteiger partial charge in [-0.05, 0) is 29.8 Å². The van der Waals surface area contributed by atoms with Gasteiger partial charge in [0, 0.05) is 6.07 Å². The van der Waals surface area contributed by atoms with E-state index < -0.39 is 0 Å². The predicted molar refractivity (Wildman–Crippen MR) is 73.4 cm³/mol. The van der Waals surface area contributed by atoms with Crippen LogP contribution in [0.1, 0.15) is 28.4 Å². The Labute approximate surface area is 116 Å². The number of benzene rings is 2. The van der Waals surface area contributed by atoms with Crippen molar-refractivity contribution in [1.82, 2.24) is 0 Å². The van der Waals surface area contributed by atoms with Crippen LogP contribution in [0, 0.1) is 0 Å². The van der Waals surface area contributed by atoms with Crippen LogP contribution in [0.25, 0.3) is 0 Å². The number of Topliss-reactive ketones (excluding diaryl/α,β-unsaturated/α-hetero) is 1. The number of ketones is 1. The lowest BCUT2D eigenvalue weighted by molar-refractivity contribution is 0.0849. The Kier molecular flexibility index (Phi) is 3.06. The standard InChI is InChI=1S/C16H14O4/c1-19-12-5-2-10(3-6-12)15-9-14(18)13-7-4-11(17)8-16(13)20-15/h2-8,15,17H,9H2,1H3/t15-/m0/s1. The van der Waals surface area contributed by atoms with Crippen molar-refractivity contribution in [1.29, 1.82) is 0 Å². The third-order valence-electron chi connectivity index (χ3n) is 3.39. The Morgan fingerprint density at radius 2 is 1.95 bits per heavy atom. The number of ether oxygens (including phenoxy) is 2. The molecule has 1 aliphatic heterocycles. The minimum atomic E-state index is -0.331. The highest BCUT2D eigenvalue weighted by Crippen LogP contribution is 2.36. The average Bonchev–Trinajstić information content (AvgIpc) is 2.46. The van der Waals surface area contributed by atoms with Crippen LogP contribution in [0.5, 0.6) is 17.2 Å². The number of hydrogen-bond donors (Lipinski definition) is 1. The molecule has 0 unspecified atom stereocenters. The van der Waals surface area contributed by atoms with Gasteiger partial charge in [-0.3, -0.25) is 4.79 Å². The molecule has 2 aromatic rings. The highest BCUT2D eigenvalue weighted by atomic mass is 16.5. The van der Waals surface area contributed by atoms with Crippen LogP contribution in [0.15, 0.2) is 42.5 Å². The number of carbonyl (C=O) groups excluding carboxylic acids is 1. The first-order valence-electron chi connectivity index (χ1n) is 6.34. The molecular formula is C16H14O4. The van der Waals surface area contributed by atoms with Gasteiger partial charge in [0.1, 0.15) is 23.4 Å². The molecule has 102 valence electrons. The fourth-order valence-electron chi connectivity index (χ4n) is 2.32. The Hall–Kier alpha value is -2.49. The van der Waals surface area contributed by atoms with Gasteiger partial charge < -0.3 is 14.6 Å². The lowest BCUT2D eigenvalue weighted by atomic mass is 9.96. The summed E-state index contributed by atoms with van der Waals surface area (Å²) >= 11 is 0. The lowest BCUT2D eigenvalue weighted by Gasteiger charge is -2.25. The van der Waals surface area contributed by atoms with E-state index in [2.05, 4.69) is 0 Å². The van der Waals surface area contributed by atoms with Gasteiger partial charge in [0.25, 0.3) is 0 Å². The van der Waals surface area contributed by atoms with Gasteiger partial charge in [0.05, 0.1) is 19.1 Å². The normalized spacial score (nSPS) is 17.2. The molecule has 1 atom stereocenters. The molecule has 0 aliphatic carbocycles. The van der Waals surface area contributed by atoms with E-state index in [1.807, 2.05) is 24.3 Å². The molecule has 3 rings (SSSR count). The second kappa shape index (κ2) is 4.89. The van der Waals surface area contributed by atoms with Gasteiger partial charge in [-0.2, -0.15) is 0 Å². The second-order valence-corrected chi connectivity index (χ2v) is 4.69. The molecular weight excluding hydrogens is 256 g/mol. The zero-order chi connectivity index (χ0) is 14.1. The van der Waals surface area contributed by atoms with Crippen LogP contribution < -0.4 is 9.47 Å². The Morgan fingerprint density at radius 3 is 2.65 bits per heavy atom. The molecule has 4 heteroatoms. The van der Waals surface area contributed by atoms with Crippen molar-refractivity contribution in [2.24, 2.45) is 0 Å². The van der Waals surface area contributed by atoms with Gasteiger partial charge in [-0.15, -0.1) is 0 Å². The van der Waals surface area contributed by atoms with Crippen molar-refractivity contribution in [2.75, 3.05) is 7.11 Å². The van der Waals surface area contributed by atoms with Gasteiger partial charge in [0.15, 0.2) is 5.78 Å². The van der Waals surface area contributed by atoms with Crippen molar-refractivity contribution < 1.29 is 19.4 Å². The molecule has 0 amide bonds. The predicted octanol–water partition coefficient (Wildman–Crippen LogP) is 3.11. The number of aromatic hydroxyl groups is 1. The summed E-state index contributed by atoms with van der Waals surface area (Å²) in [6.07, 6.45) is -0.0351. The average molecular weight is 270 g/mol. The summed E-state index contributed by atoms with van der Waals surface area (Å²) in [6.45, 7) is 0. The van der Waals surface area contributed by atoms with Crippen molar-refractivity contribution in [3.8, 4) is 17.2 Å². The number of phenolic OH excluding ortho intramolecular Hbond substituents is 1. The van der Waals surface area contributed by atoms with E-state index in [-0.39, 0.29) is 17.6 Å². The quantitative estimate of drug-likeness (QED) is 0.911. The van der Waals surface area contributed by atoms with Gasteiger partial charge >= 0.3 is 0 Å². The molecule has 1 N–H and O–H groups in total. The van der Waals surface area contributed by atoms with Gasteiger partial charge in [-0.1, -0.05) is 12.1 Å². The van der Waals surface area contributed by atoms with Crippen LogP contribution in [0.2, 0.25) is 0 Å². The fraction of sp³-hybridized carbons (Fsp3) is 0.188. The summed E-state index contributed by atoms with van der Waals surface area (Å²) in [5.41, 5.74) is 1.43. The van der Waals surface area contributed by atoms with Crippen LogP contribution in [-0.4, -0.2) is 18.0 Å². The zero-order valence-corrected chi connectivity index (χ0v) is 11.0. The lowest BCUT2D eigenvalue weighted by Crippen LogP contribution is -2.20. The third-order valence-corrected chi connectivity index (χ3v) is 3.39. The van der Waals surface area contributed by atoms with E-state index in [9.17, 15) is 9.90 Å². The highest BCUT2D eigenvalue weighted by molar-refractivity contribution is 6.00. The topological polar surface area (TPSA) is 55.8 Å². The molecule has 0 saturated carbocycles. The third kappa shape index (κ3) is 2.20. The van der Waals surface area contributed by atoms with Crippen molar-refractivity contribution in [3.05, 3.63) is 53.6 Å². The first-order chi connectivity index (χ1) is 9.67. The molecule has 0 saturated heterocycles. The summed E-state index contributed by atoms with van der Waals surface area (Å²) in [4.78, 5) is 12.1. The maximum Gasteiger partial charge on any atom is 0.170 e. The summed E-state index contributed by atoms with van der Waals surface area (Å²) < 4.78 is 10.9. The molecule has 0 radical (unpaired) electrons. The van der Waals surface area contributed by atoms with Crippen LogP contribution >= 0.6 is 0 Å². The van der Waals surface area contributed by atoms with Crippen molar-refractivity contribution in [2.45, 2.75) is 12.5 Å². The number of fused-ring (bicyclic) bond motifs is 1. The van der Waals surface area contributed by atoms with Crippen LogP contribution in [-0.2, 0) is 0 Å². The molecule has 4 nitrogen and oxygen atoms in total. The first kappa shape index (κ1) is 12.5. The van der Waals surface area contributed by atoms with E-state index in [0.29, 0.717) is 17.7 Å². The molecule has 0 bridgehead atoms. The maximum absolute atomic E-state index is 12.1. The molecule has 2 aromatic carbocycles. The largest absolute Gasteiger partial charge is 0.508 e. The second-order valence-electron chi connectivity index (χ2n) is 4.69. The zero-order valence-electron chi connectivity index (χ0n) is 11.0. The molecule has 0 fully saturated rings. The van der Waals surface area contributed by atoms with E-state index in [4.69, 9.17) is 9.47 Å². The van der Waals surface area contributed by atoms with Crippen molar-refractivity contribution in [3.63, 3.8) is 0 Å². The van der Waals surface area contributed by atoms with E-state index >= 15 is 0 Å². The van der Waals surface area contributed by atoms with Crippen LogP contribution in [0.3, 0.4) is 0 Å². The monoisotopic (exact) mass is 270 g/mol. The van der Waals surface area contributed by atoms with E-state index in [0.717, 1.165) is 11.3 Å². The van der Waals surface area contributed by atoms with E-state index in [1.54, 1.807) is 13.2 Å². The minimum Gasteiger partial charge on any atom is -0.508 e. The maximum atomic E-state index is 12.1. The Bertz CT molecular complexity index is 646. The van der Waals surface area contributed by atoms with Crippen LogP contribution in [0.4, 0.5) is 0 Å². The summed E-state index contributed by atoms with van der Waals surface area (Å²) in [5.74, 6) is 1.30. The highest BCUT2D eigenvalue weighted by Gasteiger charge is 2.27. The smallest absolute Gasteiger partial charge is 0.170 e. The number of hydrogen-bond acceptors (Lipinski definition) is 4. The van der Waals surface area contributed by atoms with Crippen molar-refractivity contribution >= 4 is 5.78 Å². The number of methoxy groups -OCH3 is 1. The minimum absolute atomic E-state index is 0.0204. The summed E-state index contributed by atoms with van der Waals surface area (Å²) in [5, 5.41) is 9.49. The fourth-order valence-corrected chi connectivity index (χ4v) is 2.32. The molecule has 1 aliphatic rings. The number of phenols is 1. The SMILES string of the molecule is COc1ccc([C@@H]2CC(=O)c3ccc(O)cc3O2)cc1. The molecule has 0 aromatic heterocycles. The Balaban J connectivity index is 1.91. The first-order valence-corrected chi connectivity index (χ1v) is 6.34. The molecule has 1 heterocycles. The van der Waals surface area contributed by atoms with Gasteiger partial charge in [0.2, 0.25) is 0 Å². The number of rotatable bonds is 2. The number of carbonyl (C=O) groups is 1. The molecule has 20 heavy (non-hydrogen) atoms.